The molecule has 0 aromatic carbocycles. The van der Waals surface area contributed by atoms with Gasteiger partial charge in [0, 0.05) is 25.5 Å². The smallest absolute Gasteiger partial charge is 0.0600 e. The summed E-state index contributed by atoms with van der Waals surface area (Å²) in [5.41, 5.74) is 1.35. The Bertz CT molecular complexity index is 339. The summed E-state index contributed by atoms with van der Waals surface area (Å²) in [5, 5.41) is 3.36. The summed E-state index contributed by atoms with van der Waals surface area (Å²) in [6.45, 7) is 5.12. The molecule has 1 aliphatic rings. The molecule has 1 aromatic heterocycles. The standard InChI is InChI=1S/C15H25N3O/c1-18(11-6-14-2-7-16-8-3-14)12-13-19-15-4-9-17-10-5-15/h2-3,7-8,15,17H,4-6,9-13H2,1H3. The van der Waals surface area contributed by atoms with Crippen LogP contribution in [0.3, 0.4) is 0 Å². The zero-order chi connectivity index (χ0) is 13.3. The molecule has 0 bridgehead atoms. The van der Waals surface area contributed by atoms with Crippen molar-refractivity contribution < 1.29 is 4.74 Å². The predicted octanol–water partition coefficient (Wildman–Crippen LogP) is 1.32. The van der Waals surface area contributed by atoms with E-state index in [-0.39, 0.29) is 0 Å². The van der Waals surface area contributed by atoms with E-state index in [1.807, 2.05) is 12.4 Å². The van der Waals surface area contributed by atoms with Crippen molar-refractivity contribution in [1.29, 1.82) is 0 Å². The summed E-state index contributed by atoms with van der Waals surface area (Å²) in [6.07, 6.45) is 7.56. The molecule has 0 spiro atoms. The number of aromatic nitrogens is 1. The Morgan fingerprint density at radius 3 is 2.74 bits per heavy atom. The second-order valence-electron chi connectivity index (χ2n) is 5.23. The number of rotatable bonds is 7. The molecule has 1 fully saturated rings. The van der Waals surface area contributed by atoms with Crippen LogP contribution >= 0.6 is 0 Å². The summed E-state index contributed by atoms with van der Waals surface area (Å²) < 4.78 is 5.91. The highest BCUT2D eigenvalue weighted by Gasteiger charge is 2.12. The first kappa shape index (κ1) is 14.4. The second-order valence-corrected chi connectivity index (χ2v) is 5.23. The van der Waals surface area contributed by atoms with E-state index in [0.29, 0.717) is 6.10 Å². The van der Waals surface area contributed by atoms with Crippen LogP contribution < -0.4 is 5.32 Å². The lowest BCUT2D eigenvalue weighted by atomic mass is 10.1. The van der Waals surface area contributed by atoms with Crippen molar-refractivity contribution >= 4 is 0 Å². The van der Waals surface area contributed by atoms with E-state index < -0.39 is 0 Å². The largest absolute Gasteiger partial charge is 0.377 e. The number of likely N-dealkylation sites (N-methyl/N-ethyl adjacent to an activating group) is 1. The highest BCUT2D eigenvalue weighted by Crippen LogP contribution is 2.07. The van der Waals surface area contributed by atoms with Crippen LogP contribution in [0.25, 0.3) is 0 Å². The van der Waals surface area contributed by atoms with Crippen LogP contribution in [0, 0.1) is 0 Å². The van der Waals surface area contributed by atoms with Gasteiger partial charge in [-0.2, -0.15) is 0 Å². The number of piperidine rings is 1. The fourth-order valence-corrected chi connectivity index (χ4v) is 2.32. The quantitative estimate of drug-likeness (QED) is 0.805. The molecule has 4 heteroatoms. The molecule has 1 aliphatic heterocycles. The van der Waals surface area contributed by atoms with Gasteiger partial charge >= 0.3 is 0 Å². The molecule has 106 valence electrons. The Balaban J connectivity index is 1.55. The highest BCUT2D eigenvalue weighted by atomic mass is 16.5. The van der Waals surface area contributed by atoms with Crippen LogP contribution in [0.15, 0.2) is 24.5 Å². The van der Waals surface area contributed by atoms with Gasteiger partial charge in [-0.3, -0.25) is 4.98 Å². The highest BCUT2D eigenvalue weighted by molar-refractivity contribution is 5.09. The Hall–Kier alpha value is -0.970. The molecule has 0 atom stereocenters. The fourth-order valence-electron chi connectivity index (χ4n) is 2.32. The van der Waals surface area contributed by atoms with Gasteiger partial charge in [-0.1, -0.05) is 0 Å². The number of hydrogen-bond acceptors (Lipinski definition) is 4. The maximum Gasteiger partial charge on any atom is 0.0600 e. The summed E-state index contributed by atoms with van der Waals surface area (Å²) in [5.74, 6) is 0. The zero-order valence-electron chi connectivity index (χ0n) is 11.8. The number of nitrogens with one attached hydrogen (secondary N) is 1. The molecule has 1 aromatic rings. The van der Waals surface area contributed by atoms with Gasteiger partial charge in [-0.25, -0.2) is 0 Å². The molecule has 0 amide bonds. The SMILES string of the molecule is CN(CCOC1CCNCC1)CCc1ccncc1. The van der Waals surface area contributed by atoms with Crippen LogP contribution in [-0.2, 0) is 11.2 Å². The fraction of sp³-hybridized carbons (Fsp3) is 0.667. The van der Waals surface area contributed by atoms with Crippen LogP contribution in [0.4, 0.5) is 0 Å². The monoisotopic (exact) mass is 263 g/mol. The molecule has 0 unspecified atom stereocenters. The van der Waals surface area contributed by atoms with Crippen molar-refractivity contribution in [1.82, 2.24) is 15.2 Å². The maximum atomic E-state index is 5.91. The minimum absolute atomic E-state index is 0.467. The third kappa shape index (κ3) is 5.68. The van der Waals surface area contributed by atoms with Crippen molar-refractivity contribution in [2.75, 3.05) is 39.8 Å². The minimum atomic E-state index is 0.467. The third-order valence-corrected chi connectivity index (χ3v) is 3.64. The van der Waals surface area contributed by atoms with E-state index in [0.717, 1.165) is 52.0 Å². The molecule has 19 heavy (non-hydrogen) atoms. The Labute approximate surface area is 116 Å². The van der Waals surface area contributed by atoms with Crippen molar-refractivity contribution in [3.05, 3.63) is 30.1 Å². The van der Waals surface area contributed by atoms with Crippen molar-refractivity contribution in [2.24, 2.45) is 0 Å². The number of nitrogens with zero attached hydrogens (tertiary/aromatic N) is 2. The first-order valence-electron chi connectivity index (χ1n) is 7.24. The molecule has 2 heterocycles. The van der Waals surface area contributed by atoms with E-state index in [9.17, 15) is 0 Å². The predicted molar refractivity (Wildman–Crippen MR) is 77.3 cm³/mol. The van der Waals surface area contributed by atoms with Gasteiger partial charge in [-0.15, -0.1) is 0 Å². The number of pyridine rings is 1. The molecule has 0 aliphatic carbocycles. The zero-order valence-corrected chi connectivity index (χ0v) is 11.8. The molecule has 4 nitrogen and oxygen atoms in total. The van der Waals surface area contributed by atoms with Gasteiger partial charge < -0.3 is 15.0 Å². The van der Waals surface area contributed by atoms with E-state index in [1.165, 1.54) is 5.56 Å². The van der Waals surface area contributed by atoms with Gasteiger partial charge in [0.2, 0.25) is 0 Å². The van der Waals surface area contributed by atoms with Gasteiger partial charge in [0.1, 0.15) is 0 Å². The lowest BCUT2D eigenvalue weighted by Gasteiger charge is -2.24. The Morgan fingerprint density at radius 1 is 1.26 bits per heavy atom. The van der Waals surface area contributed by atoms with E-state index >= 15 is 0 Å². The van der Waals surface area contributed by atoms with Crippen LogP contribution in [0.5, 0.6) is 0 Å². The Kier molecular flexibility index (Phi) is 6.27. The lowest BCUT2D eigenvalue weighted by Crippen LogP contribution is -2.34. The molecular weight excluding hydrogens is 238 g/mol. The van der Waals surface area contributed by atoms with Gasteiger partial charge in [-0.05, 0) is 57.1 Å². The first-order chi connectivity index (χ1) is 9.34. The molecule has 2 rings (SSSR count). The summed E-state index contributed by atoms with van der Waals surface area (Å²) >= 11 is 0. The molecule has 1 N–H and O–H groups in total. The first-order valence-corrected chi connectivity index (χ1v) is 7.24. The summed E-state index contributed by atoms with van der Waals surface area (Å²) in [6, 6.07) is 4.17. The van der Waals surface area contributed by atoms with Crippen molar-refractivity contribution in [3.63, 3.8) is 0 Å². The molecule has 0 radical (unpaired) electrons. The molecular formula is C15H25N3O. The van der Waals surface area contributed by atoms with Crippen LogP contribution in [0.2, 0.25) is 0 Å². The number of hydrogen-bond donors (Lipinski definition) is 1. The summed E-state index contributed by atoms with van der Waals surface area (Å²) in [7, 11) is 2.16. The average Bonchev–Trinajstić information content (AvgIpc) is 2.47. The lowest BCUT2D eigenvalue weighted by molar-refractivity contribution is 0.0233. The van der Waals surface area contributed by atoms with Crippen LogP contribution in [-0.4, -0.2) is 55.8 Å². The van der Waals surface area contributed by atoms with Gasteiger partial charge in [0.25, 0.3) is 0 Å². The van der Waals surface area contributed by atoms with Crippen LogP contribution in [0.1, 0.15) is 18.4 Å². The van der Waals surface area contributed by atoms with Gasteiger partial charge in [0.05, 0.1) is 12.7 Å². The number of ether oxygens (including phenoxy) is 1. The van der Waals surface area contributed by atoms with Gasteiger partial charge in [0.15, 0.2) is 0 Å². The average molecular weight is 263 g/mol. The normalized spacial score (nSPS) is 16.9. The van der Waals surface area contributed by atoms with E-state index in [4.69, 9.17) is 4.74 Å². The topological polar surface area (TPSA) is 37.4 Å². The van der Waals surface area contributed by atoms with Crippen molar-refractivity contribution in [3.8, 4) is 0 Å². The third-order valence-electron chi connectivity index (χ3n) is 3.64. The second kappa shape index (κ2) is 8.25. The van der Waals surface area contributed by atoms with E-state index in [2.05, 4.69) is 34.4 Å². The van der Waals surface area contributed by atoms with E-state index in [1.54, 1.807) is 0 Å². The Morgan fingerprint density at radius 2 is 2.00 bits per heavy atom. The minimum Gasteiger partial charge on any atom is -0.377 e. The van der Waals surface area contributed by atoms with Crippen molar-refractivity contribution in [2.45, 2.75) is 25.4 Å². The molecule has 1 saturated heterocycles. The maximum absolute atomic E-state index is 5.91. The molecule has 0 saturated carbocycles. The summed E-state index contributed by atoms with van der Waals surface area (Å²) in [4.78, 5) is 6.37.